The minimum Gasteiger partial charge on any atom is -0.479 e. The lowest BCUT2D eigenvalue weighted by atomic mass is 9.84. The molecule has 0 heterocycles. The molecule has 23 heavy (non-hydrogen) atoms. The van der Waals surface area contributed by atoms with E-state index < -0.39 is 11.5 Å². The van der Waals surface area contributed by atoms with Crippen molar-refractivity contribution in [2.75, 3.05) is 0 Å². The summed E-state index contributed by atoms with van der Waals surface area (Å²) < 4.78 is 0. The van der Waals surface area contributed by atoms with E-state index in [1.54, 1.807) is 6.21 Å². The van der Waals surface area contributed by atoms with E-state index >= 15 is 0 Å². The van der Waals surface area contributed by atoms with Crippen molar-refractivity contribution >= 4 is 12.2 Å². The predicted molar refractivity (Wildman–Crippen MR) is 95.0 cm³/mol. The fourth-order valence-electron chi connectivity index (χ4n) is 2.68. The van der Waals surface area contributed by atoms with Crippen LogP contribution in [0.15, 0.2) is 59.6 Å². The number of hydrogen-bond donors (Lipinski definition) is 1. The van der Waals surface area contributed by atoms with Crippen LogP contribution in [0.25, 0.3) is 11.1 Å². The third kappa shape index (κ3) is 3.67. The van der Waals surface area contributed by atoms with Gasteiger partial charge < -0.3 is 5.11 Å². The van der Waals surface area contributed by atoms with Crippen molar-refractivity contribution in [3.63, 3.8) is 0 Å². The first-order valence-electron chi connectivity index (χ1n) is 7.93. The molecule has 2 aromatic rings. The fraction of sp³-hybridized carbons (Fsp3) is 0.300. The second kappa shape index (κ2) is 7.23. The van der Waals surface area contributed by atoms with Crippen molar-refractivity contribution in [2.45, 2.75) is 32.7 Å². The predicted octanol–water partition coefficient (Wildman–Crippen LogP) is 4.66. The maximum Gasteiger partial charge on any atom is 0.331 e. The molecule has 0 aliphatic rings. The molecule has 0 aliphatic carbocycles. The Labute approximate surface area is 137 Å². The van der Waals surface area contributed by atoms with Crippen LogP contribution in [0.3, 0.4) is 0 Å². The molecule has 0 aliphatic heterocycles. The summed E-state index contributed by atoms with van der Waals surface area (Å²) in [6.45, 7) is 5.66. The summed E-state index contributed by atoms with van der Waals surface area (Å²) >= 11 is 0. The highest BCUT2D eigenvalue weighted by atomic mass is 16.4. The molecule has 2 rings (SSSR count). The van der Waals surface area contributed by atoms with Gasteiger partial charge in [0.15, 0.2) is 5.54 Å². The zero-order chi connectivity index (χ0) is 16.9. The molecule has 1 unspecified atom stereocenters. The molecule has 0 aromatic heterocycles. The van der Waals surface area contributed by atoms with E-state index in [1.807, 2.05) is 63.2 Å². The Balaban J connectivity index is 2.25. The number of rotatable bonds is 6. The highest BCUT2D eigenvalue weighted by molar-refractivity contribution is 5.86. The average molecular weight is 309 g/mol. The first-order chi connectivity index (χ1) is 11.0. The van der Waals surface area contributed by atoms with Crippen LogP contribution in [0.5, 0.6) is 0 Å². The zero-order valence-electron chi connectivity index (χ0n) is 13.9. The van der Waals surface area contributed by atoms with Gasteiger partial charge in [0.05, 0.1) is 0 Å². The van der Waals surface area contributed by atoms with Crippen molar-refractivity contribution in [3.8, 4) is 11.1 Å². The van der Waals surface area contributed by atoms with Crippen molar-refractivity contribution in [3.05, 3.63) is 60.2 Å². The molecule has 0 amide bonds. The molecule has 3 heteroatoms. The second-order valence-electron chi connectivity index (χ2n) is 5.98. The summed E-state index contributed by atoms with van der Waals surface area (Å²) in [7, 11) is 0. The molecule has 120 valence electrons. The van der Waals surface area contributed by atoms with Gasteiger partial charge in [-0.05, 0) is 29.0 Å². The lowest BCUT2D eigenvalue weighted by Crippen LogP contribution is -2.41. The third-order valence-electron chi connectivity index (χ3n) is 4.33. The quantitative estimate of drug-likeness (QED) is 0.789. The molecule has 0 bridgehead atoms. The summed E-state index contributed by atoms with van der Waals surface area (Å²) in [5.41, 5.74) is 2.14. The van der Waals surface area contributed by atoms with E-state index in [9.17, 15) is 9.90 Å². The normalized spacial score (nSPS) is 14.1. The number of hydrogen-bond acceptors (Lipinski definition) is 2. The average Bonchev–Trinajstić information content (AvgIpc) is 2.56. The number of aliphatic imine (C=N–C) groups is 1. The van der Waals surface area contributed by atoms with Gasteiger partial charge in [0.2, 0.25) is 0 Å². The summed E-state index contributed by atoms with van der Waals surface area (Å²) in [5.74, 6) is -0.933. The number of carbonyl (C=O) groups is 1. The highest BCUT2D eigenvalue weighted by Gasteiger charge is 2.39. The van der Waals surface area contributed by atoms with Gasteiger partial charge in [0.1, 0.15) is 0 Å². The van der Waals surface area contributed by atoms with Gasteiger partial charge >= 0.3 is 5.97 Å². The third-order valence-corrected chi connectivity index (χ3v) is 4.33. The van der Waals surface area contributed by atoms with Crippen LogP contribution in [-0.4, -0.2) is 22.8 Å². The molecule has 2 aromatic carbocycles. The maximum atomic E-state index is 11.6. The molecule has 1 N–H and O–H groups in total. The zero-order valence-corrected chi connectivity index (χ0v) is 13.9. The molecule has 0 saturated heterocycles. The number of aliphatic carboxylic acids is 1. The smallest absolute Gasteiger partial charge is 0.331 e. The molecular weight excluding hydrogens is 286 g/mol. The SMILES string of the molecule is CCC(N=Cc1ccc(-c2ccccc2)cc1)(C(=O)O)C(C)C. The van der Waals surface area contributed by atoms with E-state index in [0.717, 1.165) is 16.7 Å². The van der Waals surface area contributed by atoms with Crippen molar-refractivity contribution < 1.29 is 9.90 Å². The first kappa shape index (κ1) is 16.9. The van der Waals surface area contributed by atoms with Crippen molar-refractivity contribution in [1.29, 1.82) is 0 Å². The summed E-state index contributed by atoms with van der Waals surface area (Å²) in [5, 5.41) is 9.55. The monoisotopic (exact) mass is 309 g/mol. The molecule has 0 radical (unpaired) electrons. The summed E-state index contributed by atoms with van der Waals surface area (Å²) in [6, 6.07) is 18.1. The summed E-state index contributed by atoms with van der Waals surface area (Å²) in [4.78, 5) is 16.1. The molecule has 3 nitrogen and oxygen atoms in total. The van der Waals surface area contributed by atoms with E-state index in [1.165, 1.54) is 0 Å². The van der Waals surface area contributed by atoms with E-state index in [4.69, 9.17) is 0 Å². The van der Waals surface area contributed by atoms with Crippen LogP contribution < -0.4 is 0 Å². The Hall–Kier alpha value is -2.42. The molecular formula is C20H23NO2. The van der Waals surface area contributed by atoms with E-state index in [2.05, 4.69) is 17.1 Å². The van der Waals surface area contributed by atoms with Crippen LogP contribution >= 0.6 is 0 Å². The van der Waals surface area contributed by atoms with Gasteiger partial charge in [-0.15, -0.1) is 0 Å². The number of benzene rings is 2. The van der Waals surface area contributed by atoms with E-state index in [0.29, 0.717) is 6.42 Å². The van der Waals surface area contributed by atoms with Gasteiger partial charge in [-0.2, -0.15) is 0 Å². The van der Waals surface area contributed by atoms with Crippen LogP contribution in [0, 0.1) is 5.92 Å². The second-order valence-corrected chi connectivity index (χ2v) is 5.98. The van der Waals surface area contributed by atoms with Gasteiger partial charge in [-0.1, -0.05) is 75.4 Å². The standard InChI is InChI=1S/C20H23NO2/c1-4-20(15(2)3,19(22)23)21-14-16-10-12-18(13-11-16)17-8-6-5-7-9-17/h5-15H,4H2,1-3H3,(H,22,23). The Kier molecular flexibility index (Phi) is 5.32. The lowest BCUT2D eigenvalue weighted by molar-refractivity contribution is -0.145. The summed E-state index contributed by atoms with van der Waals surface area (Å²) in [6.07, 6.45) is 2.14. The van der Waals surface area contributed by atoms with Crippen LogP contribution in [0.4, 0.5) is 0 Å². The van der Waals surface area contributed by atoms with Crippen molar-refractivity contribution in [1.82, 2.24) is 0 Å². The van der Waals surface area contributed by atoms with Crippen LogP contribution in [0.1, 0.15) is 32.8 Å². The molecule has 1 atom stereocenters. The van der Waals surface area contributed by atoms with Gasteiger partial charge in [-0.25, -0.2) is 4.79 Å². The lowest BCUT2D eigenvalue weighted by Gasteiger charge is -2.27. The Morgan fingerprint density at radius 1 is 1.09 bits per heavy atom. The number of carboxylic acid groups (broad SMARTS) is 1. The van der Waals surface area contributed by atoms with Crippen LogP contribution in [0.2, 0.25) is 0 Å². The minimum atomic E-state index is -1.06. The number of carboxylic acids is 1. The first-order valence-corrected chi connectivity index (χ1v) is 7.93. The molecule has 0 fully saturated rings. The minimum absolute atomic E-state index is 0.0650. The topological polar surface area (TPSA) is 49.7 Å². The van der Waals surface area contributed by atoms with Crippen LogP contribution in [-0.2, 0) is 4.79 Å². The number of nitrogens with zero attached hydrogens (tertiary/aromatic N) is 1. The van der Waals surface area contributed by atoms with E-state index in [-0.39, 0.29) is 5.92 Å². The van der Waals surface area contributed by atoms with Crippen molar-refractivity contribution in [2.24, 2.45) is 10.9 Å². The fourth-order valence-corrected chi connectivity index (χ4v) is 2.68. The Morgan fingerprint density at radius 3 is 2.13 bits per heavy atom. The van der Waals surface area contributed by atoms with Gasteiger partial charge in [0, 0.05) is 6.21 Å². The highest BCUT2D eigenvalue weighted by Crippen LogP contribution is 2.26. The Morgan fingerprint density at radius 2 is 1.65 bits per heavy atom. The largest absolute Gasteiger partial charge is 0.479 e. The molecule has 0 spiro atoms. The maximum absolute atomic E-state index is 11.6. The van der Waals surface area contributed by atoms with Gasteiger partial charge in [-0.3, -0.25) is 4.99 Å². The van der Waals surface area contributed by atoms with Gasteiger partial charge in [0.25, 0.3) is 0 Å². The Bertz CT molecular complexity index is 675. The molecule has 0 saturated carbocycles.